The van der Waals surface area contributed by atoms with E-state index in [4.69, 9.17) is 31.2 Å². The second-order valence-corrected chi connectivity index (χ2v) is 9.55. The number of carbonyl (C=O) groups is 1. The van der Waals surface area contributed by atoms with Crippen LogP contribution < -0.4 is 25.4 Å². The van der Waals surface area contributed by atoms with Gasteiger partial charge in [-0.3, -0.25) is 15.1 Å². The van der Waals surface area contributed by atoms with Crippen LogP contribution in [0.15, 0.2) is 46.5 Å². The van der Waals surface area contributed by atoms with Crippen molar-refractivity contribution in [1.82, 2.24) is 10.3 Å². The smallest absolute Gasteiger partial charge is 0.276 e. The van der Waals surface area contributed by atoms with Crippen LogP contribution in [0.1, 0.15) is 50.8 Å². The molecule has 1 atom stereocenters. The van der Waals surface area contributed by atoms with Crippen LogP contribution in [0, 0.1) is 0 Å². The van der Waals surface area contributed by atoms with Gasteiger partial charge in [-0.2, -0.15) is 0 Å². The molecule has 0 fully saturated rings. The van der Waals surface area contributed by atoms with Gasteiger partial charge in [-0.25, -0.2) is 5.01 Å². The molecule has 2 heterocycles. The minimum absolute atomic E-state index is 0.201. The van der Waals surface area contributed by atoms with E-state index in [2.05, 4.69) is 12.2 Å². The van der Waals surface area contributed by atoms with Gasteiger partial charge in [0.05, 0.1) is 24.6 Å². The van der Waals surface area contributed by atoms with Crippen LogP contribution >= 0.6 is 23.4 Å². The number of methoxy groups -OCH3 is 2. The zero-order valence-corrected chi connectivity index (χ0v) is 21.2. The minimum Gasteiger partial charge on any atom is -0.493 e. The molecule has 34 heavy (non-hydrogen) atoms. The fraction of sp³-hybridized carbons (Fsp3) is 0.400. The lowest BCUT2D eigenvalue weighted by Crippen LogP contribution is -2.50. The number of rotatable bonds is 9. The Hall–Kier alpha value is -2.71. The number of amidine groups is 1. The number of fused-ring (bicyclic) bond motifs is 2. The molecule has 0 aliphatic carbocycles. The van der Waals surface area contributed by atoms with Crippen LogP contribution in [0.4, 0.5) is 0 Å². The van der Waals surface area contributed by atoms with E-state index in [1.54, 1.807) is 43.1 Å². The number of nitrogens with zero attached hydrogens (tertiary/aromatic N) is 3. The Bertz CT molecular complexity index is 1220. The van der Waals surface area contributed by atoms with Gasteiger partial charge in [-0.1, -0.05) is 74.2 Å². The number of benzene rings is 2. The van der Waals surface area contributed by atoms with Crippen LogP contribution in [0.2, 0.25) is 5.02 Å². The highest BCUT2D eigenvalue weighted by Gasteiger charge is 2.35. The average molecular weight is 501 g/mol. The molecule has 4 rings (SSSR count). The van der Waals surface area contributed by atoms with E-state index in [0.29, 0.717) is 38.3 Å². The summed E-state index contributed by atoms with van der Waals surface area (Å²) < 4.78 is 10.9. The fourth-order valence-corrected chi connectivity index (χ4v) is 5.14. The molecule has 180 valence electrons. The lowest BCUT2D eigenvalue weighted by atomic mass is 10.1. The van der Waals surface area contributed by atoms with Crippen molar-refractivity contribution in [2.24, 2.45) is 10.1 Å². The van der Waals surface area contributed by atoms with Crippen molar-refractivity contribution in [1.29, 1.82) is 0 Å². The predicted octanol–water partition coefficient (Wildman–Crippen LogP) is 4.20. The number of para-hydroxylation sites is 1. The van der Waals surface area contributed by atoms with E-state index in [1.807, 2.05) is 24.3 Å². The molecular formula is C25H29ClN4O3S. The van der Waals surface area contributed by atoms with E-state index in [0.717, 1.165) is 17.4 Å². The molecule has 0 unspecified atom stereocenters. The number of hydrogen-bond donors (Lipinski definition) is 1. The SMILES string of the molecule is CCCCCCCSC1=NN2C(=c3ccccc3=N[C@@H]2c2cc(OC)c(OC)cc2Cl)C(=O)N1. The summed E-state index contributed by atoms with van der Waals surface area (Å²) in [6.07, 6.45) is 5.33. The molecule has 1 N–H and O–H groups in total. The van der Waals surface area contributed by atoms with Crippen molar-refractivity contribution in [3.63, 3.8) is 0 Å². The van der Waals surface area contributed by atoms with Crippen LogP contribution in [-0.4, -0.2) is 36.1 Å². The summed E-state index contributed by atoms with van der Waals surface area (Å²) >= 11 is 8.21. The summed E-state index contributed by atoms with van der Waals surface area (Å²) in [5.74, 6) is 1.74. The van der Waals surface area contributed by atoms with Crippen molar-refractivity contribution in [3.05, 3.63) is 57.6 Å². The Balaban J connectivity index is 1.72. The maximum atomic E-state index is 13.3. The van der Waals surface area contributed by atoms with Crippen molar-refractivity contribution < 1.29 is 14.3 Å². The van der Waals surface area contributed by atoms with E-state index in [1.165, 1.54) is 25.7 Å². The second kappa shape index (κ2) is 11.1. The van der Waals surface area contributed by atoms with Crippen LogP contribution in [-0.2, 0) is 4.79 Å². The first-order valence-electron chi connectivity index (χ1n) is 11.5. The van der Waals surface area contributed by atoms with Gasteiger partial charge < -0.3 is 9.47 Å². The topological polar surface area (TPSA) is 75.5 Å². The lowest BCUT2D eigenvalue weighted by Gasteiger charge is -2.34. The van der Waals surface area contributed by atoms with E-state index >= 15 is 0 Å². The predicted molar refractivity (Wildman–Crippen MR) is 137 cm³/mol. The Labute approximate surface area is 208 Å². The van der Waals surface area contributed by atoms with E-state index in [-0.39, 0.29) is 5.91 Å². The molecular weight excluding hydrogens is 472 g/mol. The summed E-state index contributed by atoms with van der Waals surface area (Å²) in [5, 5.41) is 11.9. The Morgan fingerprint density at radius 2 is 1.82 bits per heavy atom. The van der Waals surface area contributed by atoms with Gasteiger partial charge in [0.1, 0.15) is 5.70 Å². The third-order valence-corrected chi connectivity index (χ3v) is 7.06. The average Bonchev–Trinajstić information content (AvgIpc) is 2.85. The third kappa shape index (κ3) is 5.03. The highest BCUT2D eigenvalue weighted by atomic mass is 35.5. The Kier molecular flexibility index (Phi) is 8.00. The fourth-order valence-electron chi connectivity index (χ4n) is 4.04. The Morgan fingerprint density at radius 1 is 1.09 bits per heavy atom. The monoisotopic (exact) mass is 500 g/mol. The van der Waals surface area contributed by atoms with Crippen LogP contribution in [0.5, 0.6) is 11.5 Å². The van der Waals surface area contributed by atoms with Gasteiger partial charge in [-0.15, -0.1) is 5.10 Å². The lowest BCUT2D eigenvalue weighted by molar-refractivity contribution is -0.116. The largest absolute Gasteiger partial charge is 0.493 e. The highest BCUT2D eigenvalue weighted by molar-refractivity contribution is 8.13. The molecule has 0 bridgehead atoms. The molecule has 2 aliphatic heterocycles. The number of thioether (sulfide) groups is 1. The highest BCUT2D eigenvalue weighted by Crippen LogP contribution is 2.40. The van der Waals surface area contributed by atoms with Gasteiger partial charge >= 0.3 is 0 Å². The summed E-state index contributed by atoms with van der Waals surface area (Å²) in [6, 6.07) is 11.1. The molecule has 9 heteroatoms. The number of carbonyl (C=O) groups excluding carboxylic acids is 1. The molecule has 7 nitrogen and oxygen atoms in total. The minimum atomic E-state index is -0.622. The zero-order valence-electron chi connectivity index (χ0n) is 19.6. The third-order valence-electron chi connectivity index (χ3n) is 5.78. The van der Waals surface area contributed by atoms with Crippen molar-refractivity contribution in [2.45, 2.75) is 45.2 Å². The van der Waals surface area contributed by atoms with Gasteiger partial charge in [0, 0.05) is 22.6 Å². The van der Waals surface area contributed by atoms with E-state index < -0.39 is 6.17 Å². The van der Waals surface area contributed by atoms with Crippen LogP contribution in [0.25, 0.3) is 5.70 Å². The molecule has 2 aromatic rings. The molecule has 0 saturated heterocycles. The maximum Gasteiger partial charge on any atom is 0.276 e. The first kappa shape index (κ1) is 24.4. The maximum absolute atomic E-state index is 13.3. The second-order valence-electron chi connectivity index (χ2n) is 8.06. The normalized spacial score (nSPS) is 16.8. The van der Waals surface area contributed by atoms with E-state index in [9.17, 15) is 4.79 Å². The first-order chi connectivity index (χ1) is 16.6. The Morgan fingerprint density at radius 3 is 2.59 bits per heavy atom. The molecule has 0 spiro atoms. The quantitative estimate of drug-likeness (QED) is 0.522. The van der Waals surface area contributed by atoms with Crippen molar-refractivity contribution >= 4 is 40.1 Å². The molecule has 0 radical (unpaired) electrons. The number of halogens is 1. The number of nitrogens with one attached hydrogen (secondary N) is 1. The standard InChI is InChI=1S/C25H29ClN4O3S/c1-4-5-6-7-10-13-34-25-28-24(31)22-16-11-8-9-12-19(16)27-23(30(22)29-25)17-14-20(32-2)21(33-3)15-18(17)26/h8-9,11-12,14-15,23H,4-7,10,13H2,1-3H3,(H,28,29,31)/t23-/m0/s1. The summed E-state index contributed by atoms with van der Waals surface area (Å²) in [6.45, 7) is 2.21. The van der Waals surface area contributed by atoms with Crippen molar-refractivity contribution in [3.8, 4) is 11.5 Å². The molecule has 0 saturated carbocycles. The van der Waals surface area contributed by atoms with Gasteiger partial charge in [0.25, 0.3) is 5.91 Å². The van der Waals surface area contributed by atoms with Gasteiger partial charge in [0.15, 0.2) is 22.8 Å². The van der Waals surface area contributed by atoms with Crippen LogP contribution in [0.3, 0.4) is 0 Å². The molecule has 0 aromatic heterocycles. The number of unbranched alkanes of at least 4 members (excludes halogenated alkanes) is 4. The number of ether oxygens (including phenoxy) is 2. The first-order valence-corrected chi connectivity index (χ1v) is 12.8. The molecule has 2 aromatic carbocycles. The summed E-state index contributed by atoms with van der Waals surface area (Å²) in [7, 11) is 3.13. The number of hydrogen-bond acceptors (Lipinski definition) is 7. The zero-order chi connectivity index (χ0) is 24.1. The number of hydrazone groups is 1. The molecule has 1 amide bonds. The molecule has 2 aliphatic rings. The van der Waals surface area contributed by atoms with Crippen molar-refractivity contribution in [2.75, 3.05) is 20.0 Å². The summed E-state index contributed by atoms with van der Waals surface area (Å²) in [4.78, 5) is 18.2. The number of amides is 1. The van der Waals surface area contributed by atoms with Gasteiger partial charge in [-0.05, 0) is 18.6 Å². The van der Waals surface area contributed by atoms with Gasteiger partial charge in [0.2, 0.25) is 0 Å². The summed E-state index contributed by atoms with van der Waals surface area (Å²) in [5.41, 5.74) is 1.13.